The third kappa shape index (κ3) is 4.48. The number of nitrogens with zero attached hydrogens (tertiary/aromatic N) is 2. The molecule has 2 aliphatic heterocycles. The first-order valence-electron chi connectivity index (χ1n) is 8.63. The Morgan fingerprint density at radius 2 is 2.15 bits per heavy atom. The molecule has 0 spiro atoms. The number of aromatic nitrogens is 1. The highest BCUT2D eigenvalue weighted by molar-refractivity contribution is 7.13. The Hall–Kier alpha value is -1.54. The molecule has 6 nitrogen and oxygen atoms in total. The summed E-state index contributed by atoms with van der Waals surface area (Å²) in [4.78, 5) is 19.5. The van der Waals surface area contributed by atoms with Crippen LogP contribution in [0.25, 0.3) is 10.6 Å². The number of benzene rings is 1. The first-order chi connectivity index (χ1) is 12.3. The van der Waals surface area contributed by atoms with Crippen molar-refractivity contribution in [2.75, 3.05) is 26.4 Å². The molecule has 0 aliphatic carbocycles. The lowest BCUT2D eigenvalue weighted by atomic mass is 10.2. The third-order valence-electron chi connectivity index (χ3n) is 4.54. The van der Waals surface area contributed by atoms with E-state index < -0.39 is 0 Å². The molecule has 148 valence electrons. The Morgan fingerprint density at radius 3 is 2.89 bits per heavy atom. The van der Waals surface area contributed by atoms with E-state index in [0.29, 0.717) is 5.69 Å². The van der Waals surface area contributed by atoms with Gasteiger partial charge in [-0.1, -0.05) is 6.92 Å². The van der Waals surface area contributed by atoms with E-state index in [1.165, 1.54) is 11.3 Å². The van der Waals surface area contributed by atoms with Crippen LogP contribution in [0.2, 0.25) is 0 Å². The predicted octanol–water partition coefficient (Wildman–Crippen LogP) is 3.60. The summed E-state index contributed by atoms with van der Waals surface area (Å²) >= 11 is 1.48. The van der Waals surface area contributed by atoms with Crippen LogP contribution in [0.4, 0.5) is 0 Å². The van der Waals surface area contributed by atoms with E-state index in [1.54, 1.807) is 0 Å². The molecule has 3 heterocycles. The predicted molar refractivity (Wildman–Crippen MR) is 111 cm³/mol. The van der Waals surface area contributed by atoms with Gasteiger partial charge in [-0.25, -0.2) is 4.98 Å². The van der Waals surface area contributed by atoms with Crippen LogP contribution in [0.5, 0.6) is 11.5 Å². The second-order valence-electron chi connectivity index (χ2n) is 6.25. The quantitative estimate of drug-likeness (QED) is 0.783. The number of rotatable bonds is 5. The maximum atomic E-state index is 13.0. The van der Waals surface area contributed by atoms with Crippen molar-refractivity contribution in [3.05, 3.63) is 29.3 Å². The highest BCUT2D eigenvalue weighted by Gasteiger charge is 2.28. The van der Waals surface area contributed by atoms with Crippen LogP contribution in [0.15, 0.2) is 23.6 Å². The smallest absolute Gasteiger partial charge is 0.273 e. The van der Waals surface area contributed by atoms with Crippen LogP contribution in [0.1, 0.15) is 30.3 Å². The average molecular weight is 432 g/mol. The van der Waals surface area contributed by atoms with Gasteiger partial charge >= 0.3 is 0 Å². The van der Waals surface area contributed by atoms with E-state index in [-0.39, 0.29) is 43.6 Å². The molecule has 1 saturated heterocycles. The first kappa shape index (κ1) is 21.8. The number of amides is 1. The SMILES string of the molecule is CCCN(C(=O)c1csc(-c2ccc3c(c2)OCO3)n1)C1CCNC1.Cl.Cl. The highest BCUT2D eigenvalue weighted by atomic mass is 35.5. The van der Waals surface area contributed by atoms with Gasteiger partial charge < -0.3 is 19.7 Å². The summed E-state index contributed by atoms with van der Waals surface area (Å²) in [6, 6.07) is 6.02. The van der Waals surface area contributed by atoms with Gasteiger partial charge in [-0.2, -0.15) is 0 Å². The van der Waals surface area contributed by atoms with Gasteiger partial charge in [-0.15, -0.1) is 36.2 Å². The van der Waals surface area contributed by atoms with E-state index in [9.17, 15) is 4.79 Å². The molecule has 0 saturated carbocycles. The van der Waals surface area contributed by atoms with Gasteiger partial charge in [-0.05, 0) is 37.6 Å². The monoisotopic (exact) mass is 431 g/mol. The van der Waals surface area contributed by atoms with Gasteiger partial charge in [0.25, 0.3) is 5.91 Å². The third-order valence-corrected chi connectivity index (χ3v) is 5.43. The minimum atomic E-state index is 0. The lowest BCUT2D eigenvalue weighted by Gasteiger charge is -2.27. The lowest BCUT2D eigenvalue weighted by molar-refractivity contribution is 0.0687. The van der Waals surface area contributed by atoms with Gasteiger partial charge in [0.1, 0.15) is 10.7 Å². The summed E-state index contributed by atoms with van der Waals surface area (Å²) < 4.78 is 10.8. The number of hydrogen-bond donors (Lipinski definition) is 1. The number of carbonyl (C=O) groups is 1. The van der Waals surface area contributed by atoms with E-state index in [4.69, 9.17) is 9.47 Å². The number of hydrogen-bond acceptors (Lipinski definition) is 6. The normalized spacial score (nSPS) is 17.1. The van der Waals surface area contributed by atoms with Crippen LogP contribution in [0, 0.1) is 0 Å². The van der Waals surface area contributed by atoms with Crippen LogP contribution in [0.3, 0.4) is 0 Å². The fourth-order valence-corrected chi connectivity index (χ4v) is 4.07. The molecule has 0 bridgehead atoms. The Labute approximate surface area is 175 Å². The molecule has 1 aromatic heterocycles. The molecule has 2 aromatic rings. The molecule has 2 aliphatic rings. The van der Waals surface area contributed by atoms with Crippen LogP contribution < -0.4 is 14.8 Å². The topological polar surface area (TPSA) is 63.7 Å². The van der Waals surface area contributed by atoms with Crippen LogP contribution >= 0.6 is 36.2 Å². The summed E-state index contributed by atoms with van der Waals surface area (Å²) in [6.07, 6.45) is 1.95. The minimum Gasteiger partial charge on any atom is -0.454 e. The second kappa shape index (κ2) is 9.59. The van der Waals surface area contributed by atoms with E-state index in [1.807, 2.05) is 28.5 Å². The second-order valence-corrected chi connectivity index (χ2v) is 7.11. The zero-order valence-electron chi connectivity index (χ0n) is 15.0. The number of halogens is 2. The number of thiazole rings is 1. The molecular weight excluding hydrogens is 409 g/mol. The van der Waals surface area contributed by atoms with Crippen molar-refractivity contribution >= 4 is 42.1 Å². The van der Waals surface area contributed by atoms with Crippen molar-refractivity contribution in [2.24, 2.45) is 0 Å². The Bertz CT molecular complexity index is 781. The van der Waals surface area contributed by atoms with Gasteiger partial charge in [-0.3, -0.25) is 4.79 Å². The number of carbonyl (C=O) groups excluding carboxylic acids is 1. The Morgan fingerprint density at radius 1 is 1.33 bits per heavy atom. The maximum absolute atomic E-state index is 13.0. The molecule has 1 amide bonds. The molecule has 1 N–H and O–H groups in total. The average Bonchev–Trinajstić information content (AvgIpc) is 3.39. The zero-order chi connectivity index (χ0) is 17.2. The van der Waals surface area contributed by atoms with Crippen molar-refractivity contribution in [1.29, 1.82) is 0 Å². The fraction of sp³-hybridized carbons (Fsp3) is 0.444. The van der Waals surface area contributed by atoms with Gasteiger partial charge in [0.05, 0.1) is 0 Å². The minimum absolute atomic E-state index is 0. The summed E-state index contributed by atoms with van der Waals surface area (Å²) in [5.41, 5.74) is 1.47. The largest absolute Gasteiger partial charge is 0.454 e. The van der Waals surface area contributed by atoms with E-state index in [0.717, 1.165) is 54.5 Å². The molecule has 9 heteroatoms. The van der Waals surface area contributed by atoms with Crippen molar-refractivity contribution < 1.29 is 14.3 Å². The Balaban J connectivity index is 0.00000131. The molecular formula is C18H23Cl2N3O3S. The molecule has 4 rings (SSSR count). The van der Waals surface area contributed by atoms with Crippen LogP contribution in [-0.2, 0) is 0 Å². The van der Waals surface area contributed by atoms with Crippen LogP contribution in [-0.4, -0.2) is 48.3 Å². The van der Waals surface area contributed by atoms with Crippen molar-refractivity contribution in [3.63, 3.8) is 0 Å². The standard InChI is InChI=1S/C18H21N3O3S.2ClH/c1-2-7-21(13-5-6-19-9-13)18(22)14-10-25-17(20-14)12-3-4-15-16(8-12)24-11-23-15;;/h3-4,8,10,13,19H,2,5-7,9,11H2,1H3;2*1H. The van der Waals surface area contributed by atoms with E-state index in [2.05, 4.69) is 17.2 Å². The molecule has 0 radical (unpaired) electrons. The number of fused-ring (bicyclic) bond motifs is 1. The molecule has 1 atom stereocenters. The maximum Gasteiger partial charge on any atom is 0.273 e. The summed E-state index contributed by atoms with van der Waals surface area (Å²) in [7, 11) is 0. The molecule has 27 heavy (non-hydrogen) atoms. The number of ether oxygens (including phenoxy) is 2. The molecule has 1 aromatic carbocycles. The molecule has 1 unspecified atom stereocenters. The van der Waals surface area contributed by atoms with E-state index >= 15 is 0 Å². The Kier molecular flexibility index (Phi) is 7.73. The summed E-state index contributed by atoms with van der Waals surface area (Å²) in [5.74, 6) is 1.50. The molecule has 1 fully saturated rings. The fourth-order valence-electron chi connectivity index (χ4n) is 3.28. The van der Waals surface area contributed by atoms with Crippen molar-refractivity contribution in [2.45, 2.75) is 25.8 Å². The zero-order valence-corrected chi connectivity index (χ0v) is 17.4. The summed E-state index contributed by atoms with van der Waals surface area (Å²) in [6.45, 7) is 4.95. The van der Waals surface area contributed by atoms with Crippen molar-refractivity contribution in [1.82, 2.24) is 15.2 Å². The van der Waals surface area contributed by atoms with Gasteiger partial charge in [0.15, 0.2) is 11.5 Å². The first-order valence-corrected chi connectivity index (χ1v) is 9.51. The van der Waals surface area contributed by atoms with Crippen molar-refractivity contribution in [3.8, 4) is 22.1 Å². The summed E-state index contributed by atoms with van der Waals surface area (Å²) in [5, 5.41) is 6.01. The highest BCUT2D eigenvalue weighted by Crippen LogP contribution is 2.36. The lowest BCUT2D eigenvalue weighted by Crippen LogP contribution is -2.42. The van der Waals surface area contributed by atoms with Gasteiger partial charge in [0, 0.05) is 30.1 Å². The van der Waals surface area contributed by atoms with Gasteiger partial charge in [0.2, 0.25) is 6.79 Å². The number of nitrogens with one attached hydrogen (secondary N) is 1.